The van der Waals surface area contributed by atoms with Gasteiger partial charge in [0.1, 0.15) is 11.2 Å². The number of benzene rings is 1. The Labute approximate surface area is 172 Å². The average Bonchev–Trinajstić information content (AvgIpc) is 3.35. The molecule has 3 aromatic heterocycles. The molecule has 154 valence electrons. The minimum Gasteiger partial charge on any atom is -0.374 e. The molecule has 0 spiro atoms. The van der Waals surface area contributed by atoms with Gasteiger partial charge in [-0.25, -0.2) is 9.67 Å². The zero-order valence-corrected chi connectivity index (χ0v) is 16.7. The van der Waals surface area contributed by atoms with E-state index in [1.54, 1.807) is 10.9 Å². The number of nitrogens with one attached hydrogen (secondary N) is 1. The molecular weight excluding hydrogens is 382 g/mol. The Morgan fingerprint density at radius 2 is 2.07 bits per heavy atom. The number of fused-ring (bicyclic) bond motifs is 1. The van der Waals surface area contributed by atoms with Crippen LogP contribution in [0.2, 0.25) is 0 Å². The molecule has 0 saturated carbocycles. The van der Waals surface area contributed by atoms with Crippen molar-refractivity contribution >= 4 is 11.0 Å². The highest BCUT2D eigenvalue weighted by atomic mass is 16.5. The summed E-state index contributed by atoms with van der Waals surface area (Å²) in [6.45, 7) is 5.44. The van der Waals surface area contributed by atoms with Crippen molar-refractivity contribution < 1.29 is 4.74 Å². The molecule has 1 fully saturated rings. The topological polar surface area (TPSA) is 93.9 Å². The number of H-pyrrole nitrogens is 1. The number of aromatic amines is 1. The van der Waals surface area contributed by atoms with Crippen molar-refractivity contribution in [1.29, 1.82) is 0 Å². The lowest BCUT2D eigenvalue weighted by atomic mass is 10.2. The molecular formula is C21H23N7O2. The van der Waals surface area contributed by atoms with Crippen molar-refractivity contribution in [3.05, 3.63) is 70.7 Å². The number of rotatable bonds is 5. The van der Waals surface area contributed by atoms with Gasteiger partial charge in [0.25, 0.3) is 5.56 Å². The van der Waals surface area contributed by atoms with E-state index in [1.807, 2.05) is 54.3 Å². The second-order valence-electron chi connectivity index (χ2n) is 7.61. The molecule has 9 nitrogen and oxygen atoms in total. The van der Waals surface area contributed by atoms with Gasteiger partial charge in [-0.15, -0.1) is 0 Å². The van der Waals surface area contributed by atoms with E-state index in [-0.39, 0.29) is 11.7 Å². The maximum Gasteiger partial charge on any atom is 0.262 e. The fourth-order valence-electron chi connectivity index (χ4n) is 3.82. The van der Waals surface area contributed by atoms with E-state index in [1.165, 1.54) is 0 Å². The van der Waals surface area contributed by atoms with Crippen LogP contribution in [0.4, 0.5) is 0 Å². The van der Waals surface area contributed by atoms with Crippen molar-refractivity contribution in [2.75, 3.05) is 19.7 Å². The second-order valence-corrected chi connectivity index (χ2v) is 7.61. The fourth-order valence-corrected chi connectivity index (χ4v) is 3.82. The molecule has 5 rings (SSSR count). The van der Waals surface area contributed by atoms with Crippen molar-refractivity contribution in [3.63, 3.8) is 0 Å². The van der Waals surface area contributed by atoms with Gasteiger partial charge in [-0.2, -0.15) is 10.2 Å². The van der Waals surface area contributed by atoms with Crippen molar-refractivity contribution in [1.82, 2.24) is 34.4 Å². The summed E-state index contributed by atoms with van der Waals surface area (Å²) in [6, 6.07) is 9.70. The molecule has 1 atom stereocenters. The molecule has 30 heavy (non-hydrogen) atoms. The van der Waals surface area contributed by atoms with Crippen LogP contribution in [-0.2, 0) is 17.8 Å². The molecule has 9 heteroatoms. The van der Waals surface area contributed by atoms with Crippen molar-refractivity contribution in [2.24, 2.45) is 0 Å². The Morgan fingerprint density at radius 3 is 2.87 bits per heavy atom. The molecule has 4 heterocycles. The predicted octanol–water partition coefficient (Wildman–Crippen LogP) is 1.51. The summed E-state index contributed by atoms with van der Waals surface area (Å²) >= 11 is 0. The van der Waals surface area contributed by atoms with Crippen LogP contribution in [0.3, 0.4) is 0 Å². The van der Waals surface area contributed by atoms with Crippen LogP contribution in [0.5, 0.6) is 0 Å². The number of hydrogen-bond acceptors (Lipinski definition) is 6. The van der Waals surface area contributed by atoms with Gasteiger partial charge < -0.3 is 9.72 Å². The van der Waals surface area contributed by atoms with E-state index >= 15 is 0 Å². The monoisotopic (exact) mass is 405 g/mol. The van der Waals surface area contributed by atoms with Crippen LogP contribution < -0.4 is 5.56 Å². The van der Waals surface area contributed by atoms with E-state index < -0.39 is 0 Å². The molecule has 1 N–H and O–H groups in total. The zero-order valence-electron chi connectivity index (χ0n) is 16.7. The standard InChI is InChI=1S/C21H23N7O2/c1-15-9-22-27(11-15)13-17-12-26(7-8-30-17)14-19-24-20-18(21(29)25-19)10-23-28(20)16-5-3-2-4-6-16/h2-6,9-11,17H,7-8,12-14H2,1H3,(H,24,25,29). The van der Waals surface area contributed by atoms with Gasteiger partial charge in [0.05, 0.1) is 43.9 Å². The molecule has 0 radical (unpaired) electrons. The summed E-state index contributed by atoms with van der Waals surface area (Å²) in [4.78, 5) is 22.5. The molecule has 1 unspecified atom stereocenters. The lowest BCUT2D eigenvalue weighted by Gasteiger charge is -2.32. The molecule has 1 aliphatic rings. The summed E-state index contributed by atoms with van der Waals surface area (Å²) in [6.07, 6.45) is 5.47. The smallest absolute Gasteiger partial charge is 0.262 e. The molecule has 0 aliphatic carbocycles. The summed E-state index contributed by atoms with van der Waals surface area (Å²) in [7, 11) is 0. The molecule has 4 aromatic rings. The number of morpholine rings is 1. The minimum absolute atomic E-state index is 0.0448. The molecule has 0 bridgehead atoms. The van der Waals surface area contributed by atoms with Crippen LogP contribution in [0.25, 0.3) is 16.7 Å². The first-order chi connectivity index (χ1) is 14.7. The maximum absolute atomic E-state index is 12.6. The number of hydrogen-bond donors (Lipinski definition) is 1. The lowest BCUT2D eigenvalue weighted by molar-refractivity contribution is -0.0409. The highest BCUT2D eigenvalue weighted by Crippen LogP contribution is 2.15. The SMILES string of the molecule is Cc1cnn(CC2CN(Cc3nc4c(cnn4-c4ccccc4)c(=O)[nH]3)CCO2)c1. The van der Waals surface area contributed by atoms with Crippen molar-refractivity contribution in [3.8, 4) is 5.69 Å². The molecule has 0 amide bonds. The number of ether oxygens (including phenoxy) is 1. The number of aryl methyl sites for hydroxylation is 1. The Bertz CT molecular complexity index is 1210. The van der Waals surface area contributed by atoms with E-state index in [0.29, 0.717) is 36.6 Å². The van der Waals surface area contributed by atoms with Gasteiger partial charge in [-0.3, -0.25) is 14.4 Å². The first-order valence-corrected chi connectivity index (χ1v) is 10.0. The summed E-state index contributed by atoms with van der Waals surface area (Å²) in [5, 5.41) is 9.19. The van der Waals surface area contributed by atoms with Gasteiger partial charge in [-0.05, 0) is 24.6 Å². The van der Waals surface area contributed by atoms with Crippen LogP contribution >= 0.6 is 0 Å². The van der Waals surface area contributed by atoms with Gasteiger partial charge in [0.2, 0.25) is 0 Å². The van der Waals surface area contributed by atoms with E-state index in [4.69, 9.17) is 9.72 Å². The molecule has 1 aromatic carbocycles. The third kappa shape index (κ3) is 3.77. The average molecular weight is 405 g/mol. The largest absolute Gasteiger partial charge is 0.374 e. The number of nitrogens with zero attached hydrogens (tertiary/aromatic N) is 6. The highest BCUT2D eigenvalue weighted by molar-refractivity contribution is 5.75. The van der Waals surface area contributed by atoms with Crippen LogP contribution in [0, 0.1) is 6.92 Å². The summed E-state index contributed by atoms with van der Waals surface area (Å²) < 4.78 is 9.52. The van der Waals surface area contributed by atoms with Crippen LogP contribution in [-0.4, -0.2) is 60.2 Å². The summed E-state index contributed by atoms with van der Waals surface area (Å²) in [5.74, 6) is 0.626. The van der Waals surface area contributed by atoms with E-state index in [0.717, 1.165) is 24.3 Å². The third-order valence-electron chi connectivity index (χ3n) is 5.24. The Hall–Kier alpha value is -3.30. The van der Waals surface area contributed by atoms with Crippen LogP contribution in [0.15, 0.2) is 53.7 Å². The van der Waals surface area contributed by atoms with E-state index in [9.17, 15) is 4.79 Å². The fraction of sp³-hybridized carbons (Fsp3) is 0.333. The van der Waals surface area contributed by atoms with Crippen LogP contribution in [0.1, 0.15) is 11.4 Å². The van der Waals surface area contributed by atoms with Gasteiger partial charge >= 0.3 is 0 Å². The highest BCUT2D eigenvalue weighted by Gasteiger charge is 2.22. The zero-order chi connectivity index (χ0) is 20.5. The molecule has 1 saturated heterocycles. The van der Waals surface area contributed by atoms with E-state index in [2.05, 4.69) is 20.1 Å². The van der Waals surface area contributed by atoms with Gasteiger partial charge in [0.15, 0.2) is 5.65 Å². The van der Waals surface area contributed by atoms with Crippen molar-refractivity contribution in [2.45, 2.75) is 26.1 Å². The Kier molecular flexibility index (Phi) is 4.89. The third-order valence-corrected chi connectivity index (χ3v) is 5.24. The summed E-state index contributed by atoms with van der Waals surface area (Å²) in [5.41, 5.74) is 2.40. The minimum atomic E-state index is -0.172. The Morgan fingerprint density at radius 1 is 1.20 bits per heavy atom. The number of aromatic nitrogens is 6. The second kappa shape index (κ2) is 7.85. The first-order valence-electron chi connectivity index (χ1n) is 10.0. The number of para-hydroxylation sites is 1. The Balaban J connectivity index is 1.36. The van der Waals surface area contributed by atoms with Gasteiger partial charge in [-0.1, -0.05) is 18.2 Å². The predicted molar refractivity (Wildman–Crippen MR) is 111 cm³/mol. The normalized spacial score (nSPS) is 17.6. The molecule has 1 aliphatic heterocycles. The maximum atomic E-state index is 12.6. The quantitative estimate of drug-likeness (QED) is 0.541. The first kappa shape index (κ1) is 18.7. The van der Waals surface area contributed by atoms with Gasteiger partial charge in [0, 0.05) is 19.3 Å². The lowest BCUT2D eigenvalue weighted by Crippen LogP contribution is -2.44.